The molecule has 0 radical (unpaired) electrons. The van der Waals surface area contributed by atoms with Crippen LogP contribution in [0.3, 0.4) is 0 Å². The number of nitrogens with zero attached hydrogens (tertiary/aromatic N) is 5. The lowest BCUT2D eigenvalue weighted by molar-refractivity contribution is 0.102. The molecule has 0 saturated heterocycles. The minimum Gasteiger partial charge on any atom is -0.383 e. The molecule has 4 N–H and O–H groups in total. The van der Waals surface area contributed by atoms with Gasteiger partial charge in [-0.3, -0.25) is 10.1 Å². The standard InChI is InChI=1S/C24H24N8OS/c1-14-10-27-24(34-14)31-23(33)16-4-2-15(3-5-16)19-11-32(22-20(19)21(26)29-13-30-22)18-8-6-17(7-9-18)28-12-25/h2-5,10-11,13,17-18,28H,6-9H2,1H3,(H2,26,29,30)(H,27,31,33). The molecule has 3 aromatic heterocycles. The van der Waals surface area contributed by atoms with Crippen LogP contribution in [-0.2, 0) is 0 Å². The van der Waals surface area contributed by atoms with E-state index in [9.17, 15) is 4.79 Å². The molecule has 3 heterocycles. The number of aromatic nitrogens is 4. The van der Waals surface area contributed by atoms with E-state index in [1.54, 1.807) is 18.3 Å². The van der Waals surface area contributed by atoms with Crippen molar-refractivity contribution in [2.75, 3.05) is 11.1 Å². The Morgan fingerprint density at radius 1 is 1.18 bits per heavy atom. The Balaban J connectivity index is 1.43. The lowest BCUT2D eigenvalue weighted by Crippen LogP contribution is -2.30. The molecule has 1 aliphatic carbocycles. The van der Waals surface area contributed by atoms with E-state index < -0.39 is 0 Å². The Bertz CT molecular complexity index is 1380. The number of amides is 1. The highest BCUT2D eigenvalue weighted by Crippen LogP contribution is 2.38. The second-order valence-corrected chi connectivity index (χ2v) is 9.71. The van der Waals surface area contributed by atoms with Gasteiger partial charge in [-0.15, -0.1) is 11.3 Å². The van der Waals surface area contributed by atoms with E-state index in [0.29, 0.717) is 16.5 Å². The summed E-state index contributed by atoms with van der Waals surface area (Å²) in [6.45, 7) is 1.95. The molecule has 9 nitrogen and oxygen atoms in total. The number of hydrogen-bond donors (Lipinski definition) is 3. The van der Waals surface area contributed by atoms with E-state index in [2.05, 4.69) is 42.5 Å². The normalized spacial score (nSPS) is 17.9. The predicted octanol–water partition coefficient (Wildman–Crippen LogP) is 4.25. The number of carbonyl (C=O) groups is 1. The average Bonchev–Trinajstić information content (AvgIpc) is 3.44. The van der Waals surface area contributed by atoms with Gasteiger partial charge in [-0.05, 0) is 50.3 Å². The summed E-state index contributed by atoms with van der Waals surface area (Å²) in [7, 11) is 0. The first-order valence-corrected chi connectivity index (χ1v) is 11.9. The Morgan fingerprint density at radius 3 is 2.62 bits per heavy atom. The third-order valence-corrected chi connectivity index (χ3v) is 7.13. The van der Waals surface area contributed by atoms with Crippen LogP contribution in [0.4, 0.5) is 10.9 Å². The lowest BCUT2D eigenvalue weighted by Gasteiger charge is -2.29. The highest BCUT2D eigenvalue weighted by molar-refractivity contribution is 7.15. The van der Waals surface area contributed by atoms with E-state index in [-0.39, 0.29) is 18.0 Å². The van der Waals surface area contributed by atoms with E-state index in [1.165, 1.54) is 17.7 Å². The second-order valence-electron chi connectivity index (χ2n) is 8.48. The Hall–Kier alpha value is -3.97. The van der Waals surface area contributed by atoms with Crippen molar-refractivity contribution in [2.24, 2.45) is 0 Å². The van der Waals surface area contributed by atoms with Crippen LogP contribution in [0.5, 0.6) is 0 Å². The van der Waals surface area contributed by atoms with Crippen LogP contribution >= 0.6 is 11.3 Å². The summed E-state index contributed by atoms with van der Waals surface area (Å²) < 4.78 is 2.19. The maximum absolute atomic E-state index is 12.6. The number of benzene rings is 1. The summed E-state index contributed by atoms with van der Waals surface area (Å²) in [5, 5.41) is 16.0. The van der Waals surface area contributed by atoms with Crippen LogP contribution in [0.2, 0.25) is 0 Å². The quantitative estimate of drug-likeness (QED) is 0.292. The first-order valence-electron chi connectivity index (χ1n) is 11.1. The summed E-state index contributed by atoms with van der Waals surface area (Å²) in [4.78, 5) is 26.6. The van der Waals surface area contributed by atoms with Crippen LogP contribution < -0.4 is 16.4 Å². The molecule has 1 saturated carbocycles. The number of nitriles is 1. The molecule has 0 atom stereocenters. The summed E-state index contributed by atoms with van der Waals surface area (Å²) in [5.41, 5.74) is 9.51. The Kier molecular flexibility index (Phi) is 5.86. The largest absolute Gasteiger partial charge is 0.383 e. The van der Waals surface area contributed by atoms with Gasteiger partial charge in [-0.2, -0.15) is 5.26 Å². The van der Waals surface area contributed by atoms with Crippen molar-refractivity contribution in [3.8, 4) is 17.3 Å². The van der Waals surface area contributed by atoms with Crippen molar-refractivity contribution in [3.05, 3.63) is 53.4 Å². The summed E-state index contributed by atoms with van der Waals surface area (Å²) in [5.74, 6) is 0.230. The minimum atomic E-state index is -0.200. The summed E-state index contributed by atoms with van der Waals surface area (Å²) in [6.07, 6.45) is 11.1. The van der Waals surface area contributed by atoms with E-state index in [0.717, 1.165) is 52.7 Å². The first kappa shape index (κ1) is 21.9. The van der Waals surface area contributed by atoms with Crippen molar-refractivity contribution >= 4 is 39.2 Å². The van der Waals surface area contributed by atoms with Gasteiger partial charge in [-0.1, -0.05) is 12.1 Å². The van der Waals surface area contributed by atoms with Gasteiger partial charge >= 0.3 is 0 Å². The molecule has 172 valence electrons. The Morgan fingerprint density at radius 2 is 1.94 bits per heavy atom. The average molecular weight is 473 g/mol. The molecule has 0 aliphatic heterocycles. The molecular weight excluding hydrogens is 448 g/mol. The molecule has 0 spiro atoms. The maximum Gasteiger partial charge on any atom is 0.257 e. The molecule has 4 aromatic rings. The number of anilines is 2. The molecule has 1 fully saturated rings. The van der Waals surface area contributed by atoms with Crippen LogP contribution in [0.15, 0.2) is 43.0 Å². The van der Waals surface area contributed by atoms with Crippen LogP contribution in [0.25, 0.3) is 22.2 Å². The fourth-order valence-corrected chi connectivity index (χ4v) is 5.24. The van der Waals surface area contributed by atoms with E-state index in [1.807, 2.05) is 19.1 Å². The topological polar surface area (TPSA) is 135 Å². The maximum atomic E-state index is 12.6. The molecule has 1 aromatic carbocycles. The number of fused-ring (bicyclic) bond motifs is 1. The molecule has 1 aliphatic rings. The monoisotopic (exact) mass is 472 g/mol. The highest BCUT2D eigenvalue weighted by Gasteiger charge is 2.25. The smallest absolute Gasteiger partial charge is 0.257 e. The number of aryl methyl sites for hydroxylation is 1. The van der Waals surface area contributed by atoms with Crippen LogP contribution in [0.1, 0.15) is 47.0 Å². The first-order chi connectivity index (χ1) is 16.5. The number of nitrogens with two attached hydrogens (primary N) is 1. The van der Waals surface area contributed by atoms with Crippen LogP contribution in [-0.4, -0.2) is 31.5 Å². The Labute approximate surface area is 200 Å². The molecule has 10 heteroatoms. The van der Waals surface area contributed by atoms with Gasteiger partial charge in [0.1, 0.15) is 17.8 Å². The fourth-order valence-electron chi connectivity index (χ4n) is 4.58. The van der Waals surface area contributed by atoms with Gasteiger partial charge in [0.25, 0.3) is 5.91 Å². The number of nitrogen functional groups attached to an aromatic ring is 1. The van der Waals surface area contributed by atoms with Gasteiger partial charge < -0.3 is 15.6 Å². The highest BCUT2D eigenvalue weighted by atomic mass is 32.1. The molecule has 5 rings (SSSR count). The number of nitrogens with one attached hydrogen (secondary N) is 2. The zero-order chi connectivity index (χ0) is 23.7. The third-order valence-electron chi connectivity index (χ3n) is 6.30. The molecular formula is C24H24N8OS. The van der Waals surface area contributed by atoms with Crippen molar-refractivity contribution < 1.29 is 4.79 Å². The summed E-state index contributed by atoms with van der Waals surface area (Å²) >= 11 is 1.44. The fraction of sp³-hybridized carbons (Fsp3) is 0.292. The van der Waals surface area contributed by atoms with Gasteiger partial charge in [0.15, 0.2) is 11.3 Å². The minimum absolute atomic E-state index is 0.200. The van der Waals surface area contributed by atoms with Gasteiger partial charge in [0, 0.05) is 40.5 Å². The van der Waals surface area contributed by atoms with Gasteiger partial charge in [-0.25, -0.2) is 15.0 Å². The van der Waals surface area contributed by atoms with Crippen molar-refractivity contribution in [3.63, 3.8) is 0 Å². The van der Waals surface area contributed by atoms with E-state index in [4.69, 9.17) is 11.0 Å². The number of rotatable bonds is 5. The zero-order valence-electron chi connectivity index (χ0n) is 18.7. The zero-order valence-corrected chi connectivity index (χ0v) is 19.5. The van der Waals surface area contributed by atoms with Crippen molar-refractivity contribution in [2.45, 2.75) is 44.7 Å². The van der Waals surface area contributed by atoms with Crippen LogP contribution in [0, 0.1) is 18.4 Å². The number of carbonyl (C=O) groups excluding carboxylic acids is 1. The number of hydrogen-bond acceptors (Lipinski definition) is 8. The van der Waals surface area contributed by atoms with Crippen molar-refractivity contribution in [1.29, 1.82) is 5.26 Å². The molecule has 34 heavy (non-hydrogen) atoms. The molecule has 0 bridgehead atoms. The molecule has 1 amide bonds. The van der Waals surface area contributed by atoms with Crippen molar-refractivity contribution in [1.82, 2.24) is 24.8 Å². The number of thiazole rings is 1. The van der Waals surface area contributed by atoms with Gasteiger partial charge in [0.2, 0.25) is 0 Å². The predicted molar refractivity (Wildman–Crippen MR) is 132 cm³/mol. The van der Waals surface area contributed by atoms with E-state index >= 15 is 0 Å². The molecule has 0 unspecified atom stereocenters. The van der Waals surface area contributed by atoms with Gasteiger partial charge in [0.05, 0.1) is 5.39 Å². The summed E-state index contributed by atoms with van der Waals surface area (Å²) in [6, 6.07) is 7.94. The second kappa shape index (κ2) is 9.11. The third kappa shape index (κ3) is 4.18. The SMILES string of the molecule is Cc1cnc(NC(=O)c2ccc(-c3cn(C4CCC(NC#N)CC4)c4ncnc(N)c34)cc2)s1. The lowest BCUT2D eigenvalue weighted by atomic mass is 9.91.